The molecule has 0 bridgehead atoms. The highest BCUT2D eigenvalue weighted by Gasteiger charge is 2.45. The van der Waals surface area contributed by atoms with Crippen LogP contribution in [-0.4, -0.2) is 78.0 Å². The van der Waals surface area contributed by atoms with Crippen LogP contribution in [0.15, 0.2) is 53.0 Å². The number of aromatic nitrogens is 1. The van der Waals surface area contributed by atoms with Crippen molar-refractivity contribution in [3.63, 3.8) is 0 Å². The second-order valence-electron chi connectivity index (χ2n) is 14.2. The molecule has 2 aromatic carbocycles. The van der Waals surface area contributed by atoms with Crippen molar-refractivity contribution in [3.05, 3.63) is 91.9 Å². The van der Waals surface area contributed by atoms with E-state index in [1.807, 2.05) is 51.2 Å². The molecule has 1 aromatic heterocycles. The van der Waals surface area contributed by atoms with Gasteiger partial charge in [0.2, 0.25) is 5.92 Å². The molecule has 1 unspecified atom stereocenters. The van der Waals surface area contributed by atoms with Gasteiger partial charge in [-0.1, -0.05) is 24.3 Å². The summed E-state index contributed by atoms with van der Waals surface area (Å²) in [5, 5.41) is 9.69. The number of nitrogens with zero attached hydrogens (tertiary/aromatic N) is 5. The molecule has 1 saturated heterocycles. The number of pyridine rings is 1. The molecule has 1 amide bonds. The second-order valence-corrected chi connectivity index (χ2v) is 14.2. The molecule has 0 radical (unpaired) electrons. The maximum Gasteiger partial charge on any atom is 0.264 e. The summed E-state index contributed by atoms with van der Waals surface area (Å²) in [5.74, 6) is -2.03. The number of benzene rings is 2. The topological polar surface area (TPSA) is 91.0 Å². The number of piperazine rings is 1. The van der Waals surface area contributed by atoms with Crippen LogP contribution in [0.25, 0.3) is 11.1 Å². The van der Waals surface area contributed by atoms with Gasteiger partial charge in [-0.3, -0.25) is 19.4 Å². The normalized spacial score (nSPS) is 19.6. The Kier molecular flexibility index (Phi) is 10.4. The quantitative estimate of drug-likeness (QED) is 0.202. The first-order valence-electron chi connectivity index (χ1n) is 17.6. The van der Waals surface area contributed by atoms with Crippen LogP contribution in [0, 0.1) is 31.1 Å². The van der Waals surface area contributed by atoms with Gasteiger partial charge in [-0.15, -0.1) is 0 Å². The molecule has 1 saturated carbocycles. The van der Waals surface area contributed by atoms with E-state index in [9.17, 15) is 23.6 Å². The minimum absolute atomic E-state index is 0.00608. The average molecular weight is 700 g/mol. The average Bonchev–Trinajstić information content (AvgIpc) is 3.11. The molecule has 3 aliphatic rings. The molecular formula is C40H47F2N5O4. The van der Waals surface area contributed by atoms with Crippen LogP contribution in [0.1, 0.15) is 59.2 Å². The minimum Gasteiger partial charge on any atom is -0.496 e. The molecule has 3 aromatic rings. The molecule has 1 atom stereocenters. The van der Waals surface area contributed by atoms with E-state index in [0.29, 0.717) is 19.5 Å². The van der Waals surface area contributed by atoms with Crippen molar-refractivity contribution in [2.75, 3.05) is 46.9 Å². The van der Waals surface area contributed by atoms with E-state index in [0.717, 1.165) is 77.6 Å². The first-order chi connectivity index (χ1) is 24.3. The maximum absolute atomic E-state index is 13.4. The third kappa shape index (κ3) is 7.30. The van der Waals surface area contributed by atoms with Crippen molar-refractivity contribution in [3.8, 4) is 28.7 Å². The Morgan fingerprint density at radius 3 is 2.22 bits per heavy atom. The van der Waals surface area contributed by atoms with Gasteiger partial charge in [0.15, 0.2) is 0 Å². The summed E-state index contributed by atoms with van der Waals surface area (Å²) in [5.41, 5.74) is 8.06. The fourth-order valence-corrected chi connectivity index (χ4v) is 7.87. The highest BCUT2D eigenvalue weighted by molar-refractivity contribution is 5.97. The third-order valence-corrected chi connectivity index (χ3v) is 11.1. The number of carbonyl (C=O) groups excluding carboxylic acids is 1. The van der Waals surface area contributed by atoms with Crippen molar-refractivity contribution in [2.24, 2.45) is 13.0 Å². The van der Waals surface area contributed by atoms with Gasteiger partial charge in [0.05, 0.1) is 25.8 Å². The highest BCUT2D eigenvalue weighted by atomic mass is 19.3. The number of allylic oxidation sites excluding steroid dienone is 1. The van der Waals surface area contributed by atoms with E-state index < -0.39 is 11.8 Å². The fraction of sp³-hybridized carbons (Fsp3) is 0.475. The lowest BCUT2D eigenvalue weighted by Crippen LogP contribution is -2.45. The molecule has 3 heterocycles. The molecule has 0 spiro atoms. The number of fused-ring (bicyclic) bond motifs is 1. The van der Waals surface area contributed by atoms with Crippen molar-refractivity contribution in [2.45, 2.75) is 65.1 Å². The Bertz CT molecular complexity index is 1920. The molecule has 2 fully saturated rings. The third-order valence-electron chi connectivity index (χ3n) is 11.1. The molecule has 6 rings (SSSR count). The molecule has 0 N–H and O–H groups in total. The number of ether oxygens (including phenoxy) is 2. The smallest absolute Gasteiger partial charge is 0.264 e. The summed E-state index contributed by atoms with van der Waals surface area (Å²) in [7, 11) is 5.11. The van der Waals surface area contributed by atoms with Gasteiger partial charge < -0.3 is 18.9 Å². The highest BCUT2D eigenvalue weighted by Crippen LogP contribution is 2.44. The van der Waals surface area contributed by atoms with Crippen molar-refractivity contribution < 1.29 is 23.0 Å². The number of amides is 1. The summed E-state index contributed by atoms with van der Waals surface area (Å²) in [6, 6.07) is 12.1. The lowest BCUT2D eigenvalue weighted by atomic mass is 9.80. The van der Waals surface area contributed by atoms with Crippen LogP contribution >= 0.6 is 0 Å². The van der Waals surface area contributed by atoms with E-state index in [4.69, 9.17) is 9.47 Å². The molecule has 11 heteroatoms. The predicted octanol–water partition coefficient (Wildman–Crippen LogP) is 5.95. The summed E-state index contributed by atoms with van der Waals surface area (Å²) >= 11 is 0. The Morgan fingerprint density at radius 1 is 1.00 bits per heavy atom. The summed E-state index contributed by atoms with van der Waals surface area (Å²) < 4.78 is 40.1. The predicted molar refractivity (Wildman–Crippen MR) is 192 cm³/mol. The fourth-order valence-electron chi connectivity index (χ4n) is 7.87. The zero-order valence-corrected chi connectivity index (χ0v) is 30.4. The van der Waals surface area contributed by atoms with E-state index in [1.54, 1.807) is 30.7 Å². The SMILES string of the molecule is COc1cc(-c2cn(C)c(=O)c(C)c2C)cc(OC)c1CN1CCN(Cc2cccc3c2CCN(C(=O)/C(C#N)=C/C2CC(F)(F)C2)C3C)CC1. The molecule has 1 aliphatic carbocycles. The summed E-state index contributed by atoms with van der Waals surface area (Å²) in [4.78, 5) is 32.4. The number of aryl methyl sites for hydroxylation is 1. The van der Waals surface area contributed by atoms with Gasteiger partial charge in [0.1, 0.15) is 23.1 Å². The number of halogens is 2. The van der Waals surface area contributed by atoms with Crippen LogP contribution < -0.4 is 15.0 Å². The monoisotopic (exact) mass is 699 g/mol. The lowest BCUT2D eigenvalue weighted by molar-refractivity contribution is -0.129. The van der Waals surface area contributed by atoms with Gasteiger partial charge >= 0.3 is 0 Å². The van der Waals surface area contributed by atoms with Crippen LogP contribution in [0.4, 0.5) is 8.78 Å². The minimum atomic E-state index is -2.70. The molecular weight excluding hydrogens is 652 g/mol. The molecule has 270 valence electrons. The molecule has 51 heavy (non-hydrogen) atoms. The van der Waals surface area contributed by atoms with Gasteiger partial charge in [0.25, 0.3) is 11.5 Å². The van der Waals surface area contributed by atoms with Crippen LogP contribution in [-0.2, 0) is 31.4 Å². The summed E-state index contributed by atoms with van der Waals surface area (Å²) in [6.07, 6.45) is 3.36. The van der Waals surface area contributed by atoms with Gasteiger partial charge in [-0.2, -0.15) is 5.26 Å². The lowest BCUT2D eigenvalue weighted by Gasteiger charge is -2.38. The van der Waals surface area contributed by atoms with Crippen LogP contribution in [0.3, 0.4) is 0 Å². The number of nitriles is 1. The number of hydrogen-bond donors (Lipinski definition) is 0. The van der Waals surface area contributed by atoms with Gasteiger partial charge in [-0.05, 0) is 73.1 Å². The number of methoxy groups -OCH3 is 2. The van der Waals surface area contributed by atoms with Gasteiger partial charge in [-0.25, -0.2) is 8.78 Å². The molecule has 9 nitrogen and oxygen atoms in total. The van der Waals surface area contributed by atoms with E-state index in [2.05, 4.69) is 21.9 Å². The second kappa shape index (κ2) is 14.6. The van der Waals surface area contributed by atoms with Gasteiger partial charge in [0, 0.05) is 83.0 Å². The largest absolute Gasteiger partial charge is 0.496 e. The zero-order chi connectivity index (χ0) is 36.6. The summed E-state index contributed by atoms with van der Waals surface area (Å²) in [6.45, 7) is 11.3. The van der Waals surface area contributed by atoms with Crippen molar-refractivity contribution in [1.82, 2.24) is 19.3 Å². The Hall–Kier alpha value is -4.53. The Morgan fingerprint density at radius 2 is 1.63 bits per heavy atom. The van der Waals surface area contributed by atoms with Crippen LogP contribution in [0.2, 0.25) is 0 Å². The first kappa shape index (κ1) is 36.3. The zero-order valence-electron chi connectivity index (χ0n) is 30.4. The van der Waals surface area contributed by atoms with Crippen molar-refractivity contribution >= 4 is 5.91 Å². The number of carbonyl (C=O) groups is 1. The van der Waals surface area contributed by atoms with Crippen molar-refractivity contribution in [1.29, 1.82) is 5.26 Å². The van der Waals surface area contributed by atoms with E-state index >= 15 is 0 Å². The van der Waals surface area contributed by atoms with Crippen LogP contribution in [0.5, 0.6) is 11.5 Å². The molecule has 2 aliphatic heterocycles. The number of alkyl halides is 2. The Labute approximate surface area is 298 Å². The van der Waals surface area contributed by atoms with E-state index in [-0.39, 0.29) is 35.9 Å². The maximum atomic E-state index is 13.4. The standard InChI is InChI=1S/C40H47F2N5O4/c1-25-26(2)38(48)44(4)23-34(25)30-17-36(50-5)35(37(18-30)51-6)24-46-14-12-45(13-15-46)22-29-8-7-9-32-27(3)47(11-10-33(29)32)39(49)31(21-43)16-28-19-40(41,42)20-28/h7-9,16-18,23,27-28H,10-15,19-20,22,24H2,1-6H3/b31-16+. The Balaban J connectivity index is 1.11. The first-order valence-corrected chi connectivity index (χ1v) is 17.6. The number of hydrogen-bond acceptors (Lipinski definition) is 7. The van der Waals surface area contributed by atoms with E-state index in [1.165, 1.54) is 17.2 Å². The number of rotatable bonds is 9.